The van der Waals surface area contributed by atoms with Crippen molar-refractivity contribution in [2.24, 2.45) is 0 Å². The molecule has 6 rings (SSSR count). The summed E-state index contributed by atoms with van der Waals surface area (Å²) in [7, 11) is 0. The zero-order valence-corrected chi connectivity index (χ0v) is 19.2. The van der Waals surface area contributed by atoms with Gasteiger partial charge in [-0.25, -0.2) is 4.39 Å². The zero-order chi connectivity index (χ0) is 22.9. The van der Waals surface area contributed by atoms with Gasteiger partial charge in [-0.3, -0.25) is 0 Å². The number of aromatic nitrogens is 1. The Balaban J connectivity index is 1.55. The first-order valence-electron chi connectivity index (χ1n) is 12.2. The highest BCUT2D eigenvalue weighted by atomic mass is 19.1. The molecule has 0 saturated carbocycles. The van der Waals surface area contributed by atoms with Gasteiger partial charge in [-0.1, -0.05) is 54.6 Å². The molecule has 2 fully saturated rings. The van der Waals surface area contributed by atoms with E-state index in [0.29, 0.717) is 18.6 Å². The van der Waals surface area contributed by atoms with E-state index in [4.69, 9.17) is 9.47 Å². The molecule has 4 aromatic rings. The fraction of sp³-hybridized carbons (Fsp3) is 0.310. The largest absolute Gasteiger partial charge is 0.487 e. The summed E-state index contributed by atoms with van der Waals surface area (Å²) in [5, 5.41) is 4.62. The summed E-state index contributed by atoms with van der Waals surface area (Å²) in [5.74, 6) is 1.08. The van der Waals surface area contributed by atoms with Crippen LogP contribution in [0.2, 0.25) is 0 Å². The van der Waals surface area contributed by atoms with E-state index in [2.05, 4.69) is 40.2 Å². The van der Waals surface area contributed by atoms with Crippen LogP contribution in [-0.2, 0) is 11.3 Å². The molecule has 2 saturated heterocycles. The van der Waals surface area contributed by atoms with E-state index < -0.39 is 0 Å². The lowest BCUT2D eigenvalue weighted by Crippen LogP contribution is -2.44. The molecule has 3 aromatic carbocycles. The molecule has 5 heteroatoms. The number of nitrogens with one attached hydrogen (secondary N) is 1. The lowest BCUT2D eigenvalue weighted by Gasteiger charge is -2.34. The standard InChI is InChI=1S/C29H29FN2O2/c30-23-11-9-21(10-12-23)27-25-7-4-8-26(34-19-20-5-2-1-3-6-20)29(25)32(24-17-31-18-24)28(27)22-13-15-33-16-14-22/h1-12,22,24,31H,13-19H2. The van der Waals surface area contributed by atoms with Gasteiger partial charge in [0.25, 0.3) is 0 Å². The monoisotopic (exact) mass is 456 g/mol. The first-order chi connectivity index (χ1) is 16.8. The Morgan fingerprint density at radius 3 is 2.38 bits per heavy atom. The van der Waals surface area contributed by atoms with Crippen molar-refractivity contribution in [1.82, 2.24) is 9.88 Å². The van der Waals surface area contributed by atoms with Gasteiger partial charge in [0, 0.05) is 48.9 Å². The Kier molecular flexibility index (Phi) is 5.81. The van der Waals surface area contributed by atoms with Gasteiger partial charge in [0.2, 0.25) is 0 Å². The van der Waals surface area contributed by atoms with E-state index in [1.807, 2.05) is 30.3 Å². The molecule has 1 aromatic heterocycles. The summed E-state index contributed by atoms with van der Waals surface area (Å²) in [6.07, 6.45) is 1.98. The molecule has 174 valence electrons. The molecule has 1 N–H and O–H groups in total. The molecule has 0 bridgehead atoms. The molecule has 0 spiro atoms. The Hall–Kier alpha value is -3.15. The van der Waals surface area contributed by atoms with Crippen LogP contribution in [-0.4, -0.2) is 30.9 Å². The summed E-state index contributed by atoms with van der Waals surface area (Å²) < 4.78 is 28.5. The van der Waals surface area contributed by atoms with Crippen LogP contribution in [0.15, 0.2) is 72.8 Å². The van der Waals surface area contributed by atoms with Crippen LogP contribution in [0.3, 0.4) is 0 Å². The SMILES string of the molecule is Fc1ccc(-c2c(C3CCOCC3)n(C3CNC3)c3c(OCc4ccccc4)cccc23)cc1. The maximum atomic E-state index is 13.8. The molecule has 0 unspecified atom stereocenters. The minimum Gasteiger partial charge on any atom is -0.487 e. The zero-order valence-electron chi connectivity index (χ0n) is 19.2. The van der Waals surface area contributed by atoms with Gasteiger partial charge in [0.15, 0.2) is 0 Å². The van der Waals surface area contributed by atoms with Gasteiger partial charge in [-0.05, 0) is 42.2 Å². The number of ether oxygens (including phenoxy) is 2. The molecule has 0 radical (unpaired) electrons. The van der Waals surface area contributed by atoms with E-state index in [0.717, 1.165) is 61.5 Å². The second kappa shape index (κ2) is 9.24. The highest BCUT2D eigenvalue weighted by Crippen LogP contribution is 2.46. The summed E-state index contributed by atoms with van der Waals surface area (Å²) in [4.78, 5) is 0. The van der Waals surface area contributed by atoms with Crippen molar-refractivity contribution in [2.75, 3.05) is 26.3 Å². The van der Waals surface area contributed by atoms with Crippen LogP contribution < -0.4 is 10.1 Å². The van der Waals surface area contributed by atoms with E-state index in [1.54, 1.807) is 12.1 Å². The molecule has 34 heavy (non-hydrogen) atoms. The summed E-state index contributed by atoms with van der Waals surface area (Å²) >= 11 is 0. The highest BCUT2D eigenvalue weighted by molar-refractivity contribution is 6.01. The maximum absolute atomic E-state index is 13.8. The Bertz CT molecular complexity index is 1270. The molecular formula is C29H29FN2O2. The van der Waals surface area contributed by atoms with Gasteiger partial charge >= 0.3 is 0 Å². The van der Waals surface area contributed by atoms with Crippen LogP contribution in [0.4, 0.5) is 4.39 Å². The fourth-order valence-corrected chi connectivity index (χ4v) is 5.33. The molecule has 2 aliphatic rings. The van der Waals surface area contributed by atoms with E-state index in [9.17, 15) is 4.39 Å². The number of hydrogen-bond donors (Lipinski definition) is 1. The van der Waals surface area contributed by atoms with E-state index in [1.165, 1.54) is 16.6 Å². The van der Waals surface area contributed by atoms with Crippen molar-refractivity contribution in [1.29, 1.82) is 0 Å². The third kappa shape index (κ3) is 3.89. The molecular weight excluding hydrogens is 427 g/mol. The predicted octanol–water partition coefficient (Wildman–Crippen LogP) is 6.06. The van der Waals surface area contributed by atoms with Gasteiger partial charge in [-0.2, -0.15) is 0 Å². The fourth-order valence-electron chi connectivity index (χ4n) is 5.33. The minimum atomic E-state index is -0.213. The average Bonchev–Trinajstić information content (AvgIpc) is 3.19. The first-order valence-corrected chi connectivity index (χ1v) is 12.2. The first kappa shape index (κ1) is 21.4. The Labute approximate surface area is 199 Å². The van der Waals surface area contributed by atoms with Gasteiger partial charge < -0.3 is 19.4 Å². The van der Waals surface area contributed by atoms with Gasteiger partial charge in [0.05, 0.1) is 11.6 Å². The van der Waals surface area contributed by atoms with Gasteiger partial charge in [0.1, 0.15) is 18.2 Å². The van der Waals surface area contributed by atoms with Crippen molar-refractivity contribution in [3.05, 3.63) is 89.9 Å². The maximum Gasteiger partial charge on any atom is 0.144 e. The number of para-hydroxylation sites is 1. The summed E-state index contributed by atoms with van der Waals surface area (Å²) in [5.41, 5.74) is 5.89. The van der Waals surface area contributed by atoms with Crippen molar-refractivity contribution < 1.29 is 13.9 Å². The minimum absolute atomic E-state index is 0.213. The normalized spacial score (nSPS) is 17.1. The lowest BCUT2D eigenvalue weighted by molar-refractivity contribution is 0.0833. The second-order valence-corrected chi connectivity index (χ2v) is 9.26. The average molecular weight is 457 g/mol. The summed E-state index contributed by atoms with van der Waals surface area (Å²) in [6, 6.07) is 23.9. The van der Waals surface area contributed by atoms with E-state index in [-0.39, 0.29) is 5.82 Å². The summed E-state index contributed by atoms with van der Waals surface area (Å²) in [6.45, 7) is 3.95. The van der Waals surface area contributed by atoms with Crippen LogP contribution in [0.1, 0.15) is 36.1 Å². The third-order valence-corrected chi connectivity index (χ3v) is 7.13. The Morgan fingerprint density at radius 2 is 1.68 bits per heavy atom. The van der Waals surface area contributed by atoms with Crippen LogP contribution in [0.25, 0.3) is 22.0 Å². The quantitative estimate of drug-likeness (QED) is 0.383. The number of hydrogen-bond acceptors (Lipinski definition) is 3. The number of benzene rings is 3. The molecule has 0 aliphatic carbocycles. The molecule has 0 atom stereocenters. The van der Waals surface area contributed by atoms with E-state index >= 15 is 0 Å². The van der Waals surface area contributed by atoms with Crippen LogP contribution in [0, 0.1) is 5.82 Å². The van der Waals surface area contributed by atoms with Gasteiger partial charge in [-0.15, -0.1) is 0 Å². The Morgan fingerprint density at radius 1 is 0.912 bits per heavy atom. The number of rotatable bonds is 6. The smallest absolute Gasteiger partial charge is 0.144 e. The molecule has 0 amide bonds. The van der Waals surface area contributed by atoms with Crippen molar-refractivity contribution >= 4 is 10.9 Å². The molecule has 3 heterocycles. The van der Waals surface area contributed by atoms with Crippen LogP contribution >= 0.6 is 0 Å². The molecule has 4 nitrogen and oxygen atoms in total. The predicted molar refractivity (Wildman–Crippen MR) is 133 cm³/mol. The number of nitrogens with zero attached hydrogens (tertiary/aromatic N) is 1. The lowest BCUT2D eigenvalue weighted by atomic mass is 9.89. The van der Waals surface area contributed by atoms with Crippen LogP contribution in [0.5, 0.6) is 5.75 Å². The highest BCUT2D eigenvalue weighted by Gasteiger charge is 2.33. The molecule has 2 aliphatic heterocycles. The number of halogens is 1. The third-order valence-electron chi connectivity index (χ3n) is 7.13. The second-order valence-electron chi connectivity index (χ2n) is 9.26. The van der Waals surface area contributed by atoms with Crippen molar-refractivity contribution in [3.63, 3.8) is 0 Å². The van der Waals surface area contributed by atoms with Crippen molar-refractivity contribution in [2.45, 2.75) is 31.4 Å². The topological polar surface area (TPSA) is 35.4 Å². The number of fused-ring (bicyclic) bond motifs is 1. The van der Waals surface area contributed by atoms with Crippen molar-refractivity contribution in [3.8, 4) is 16.9 Å².